The van der Waals surface area contributed by atoms with E-state index in [1.165, 1.54) is 0 Å². The Kier molecular flexibility index (Phi) is 6.69. The fourth-order valence-electron chi connectivity index (χ4n) is 1.64. The van der Waals surface area contributed by atoms with E-state index >= 15 is 0 Å². The first kappa shape index (κ1) is 16.1. The number of amides is 2. The summed E-state index contributed by atoms with van der Waals surface area (Å²) in [5.74, 6) is -0.455. The number of likely N-dealkylation sites (N-methyl/N-ethyl adjacent to an activating group) is 1. The van der Waals surface area contributed by atoms with Crippen molar-refractivity contribution in [3.05, 3.63) is 35.4 Å². The monoisotopic (exact) mass is 279 g/mol. The number of carbonyl (C=O) groups excluding carboxylic acids is 2. The normalized spacial score (nSPS) is 10.3. The average molecular weight is 279 g/mol. The molecule has 1 aromatic carbocycles. The van der Waals surface area contributed by atoms with Gasteiger partial charge in [0, 0.05) is 32.8 Å². The highest BCUT2D eigenvalue weighted by Crippen LogP contribution is 2.06. The SMILES string of the molecule is COCCNCC(=O)N(C)Cc1ccc(C(N)=O)cc1. The number of ether oxygens (including phenoxy) is 1. The standard InChI is InChI=1S/C14H21N3O3/c1-17(13(18)9-16-7-8-20-2)10-11-3-5-12(6-4-11)14(15)19/h3-6,16H,7-10H2,1-2H3,(H2,15,19). The van der Waals surface area contributed by atoms with Gasteiger partial charge in [-0.05, 0) is 17.7 Å². The van der Waals surface area contributed by atoms with Crippen molar-refractivity contribution in [2.45, 2.75) is 6.54 Å². The Morgan fingerprint density at radius 2 is 1.95 bits per heavy atom. The summed E-state index contributed by atoms with van der Waals surface area (Å²) >= 11 is 0. The Hall–Kier alpha value is -1.92. The number of benzene rings is 1. The number of hydrogen-bond donors (Lipinski definition) is 2. The molecule has 0 bridgehead atoms. The average Bonchev–Trinajstić information content (AvgIpc) is 2.44. The minimum atomic E-state index is -0.455. The first-order valence-electron chi connectivity index (χ1n) is 6.37. The van der Waals surface area contributed by atoms with Gasteiger partial charge in [0.2, 0.25) is 11.8 Å². The van der Waals surface area contributed by atoms with Crippen molar-refractivity contribution in [2.75, 3.05) is 33.9 Å². The third-order valence-corrected chi connectivity index (χ3v) is 2.84. The van der Waals surface area contributed by atoms with Crippen LogP contribution in [-0.4, -0.2) is 50.6 Å². The minimum Gasteiger partial charge on any atom is -0.383 e. The topological polar surface area (TPSA) is 84.7 Å². The zero-order chi connectivity index (χ0) is 15.0. The van der Waals surface area contributed by atoms with Crippen LogP contribution in [0, 0.1) is 0 Å². The van der Waals surface area contributed by atoms with Gasteiger partial charge in [-0.15, -0.1) is 0 Å². The van der Waals surface area contributed by atoms with Crippen LogP contribution < -0.4 is 11.1 Å². The van der Waals surface area contributed by atoms with Crippen LogP contribution in [0.25, 0.3) is 0 Å². The van der Waals surface area contributed by atoms with Gasteiger partial charge < -0.3 is 20.7 Å². The Labute approximate surface area is 118 Å². The fourth-order valence-corrected chi connectivity index (χ4v) is 1.64. The van der Waals surface area contributed by atoms with Gasteiger partial charge in [0.15, 0.2) is 0 Å². The summed E-state index contributed by atoms with van der Waals surface area (Å²) in [6.07, 6.45) is 0. The second-order valence-electron chi connectivity index (χ2n) is 4.48. The lowest BCUT2D eigenvalue weighted by Crippen LogP contribution is -2.36. The molecule has 0 saturated carbocycles. The molecule has 3 N–H and O–H groups in total. The number of primary amides is 1. The minimum absolute atomic E-state index is 0.0000749. The maximum atomic E-state index is 11.8. The van der Waals surface area contributed by atoms with Gasteiger partial charge in [-0.3, -0.25) is 9.59 Å². The Bertz CT molecular complexity index is 445. The fraction of sp³-hybridized carbons (Fsp3) is 0.429. The zero-order valence-electron chi connectivity index (χ0n) is 11.9. The van der Waals surface area contributed by atoms with E-state index in [9.17, 15) is 9.59 Å². The van der Waals surface area contributed by atoms with E-state index in [1.54, 1.807) is 43.3 Å². The van der Waals surface area contributed by atoms with E-state index in [0.29, 0.717) is 25.3 Å². The van der Waals surface area contributed by atoms with Gasteiger partial charge in [0.1, 0.15) is 0 Å². The van der Waals surface area contributed by atoms with Gasteiger partial charge in [-0.25, -0.2) is 0 Å². The van der Waals surface area contributed by atoms with Crippen molar-refractivity contribution in [1.82, 2.24) is 10.2 Å². The summed E-state index contributed by atoms with van der Waals surface area (Å²) in [6.45, 7) is 1.98. The lowest BCUT2D eigenvalue weighted by Gasteiger charge is -2.17. The van der Waals surface area contributed by atoms with E-state index in [4.69, 9.17) is 10.5 Å². The lowest BCUT2D eigenvalue weighted by atomic mass is 10.1. The molecular weight excluding hydrogens is 258 g/mol. The molecule has 0 radical (unpaired) electrons. The molecule has 0 saturated heterocycles. The van der Waals surface area contributed by atoms with Gasteiger partial charge in [-0.2, -0.15) is 0 Å². The van der Waals surface area contributed by atoms with Crippen LogP contribution in [0.2, 0.25) is 0 Å². The third-order valence-electron chi connectivity index (χ3n) is 2.84. The predicted molar refractivity (Wildman–Crippen MR) is 76.2 cm³/mol. The molecule has 6 nitrogen and oxygen atoms in total. The number of methoxy groups -OCH3 is 1. The van der Waals surface area contributed by atoms with Crippen molar-refractivity contribution in [3.8, 4) is 0 Å². The number of rotatable bonds is 8. The summed E-state index contributed by atoms with van der Waals surface area (Å²) in [5, 5.41) is 3.00. The van der Waals surface area contributed by atoms with Crippen LogP contribution in [0.4, 0.5) is 0 Å². The maximum absolute atomic E-state index is 11.8. The van der Waals surface area contributed by atoms with Gasteiger partial charge >= 0.3 is 0 Å². The molecule has 0 atom stereocenters. The van der Waals surface area contributed by atoms with Crippen LogP contribution in [0.15, 0.2) is 24.3 Å². The van der Waals surface area contributed by atoms with Crippen molar-refractivity contribution in [3.63, 3.8) is 0 Å². The highest BCUT2D eigenvalue weighted by Gasteiger charge is 2.09. The summed E-state index contributed by atoms with van der Waals surface area (Å²) in [6, 6.07) is 6.91. The second kappa shape index (κ2) is 8.29. The molecule has 0 fully saturated rings. The molecule has 0 aliphatic heterocycles. The smallest absolute Gasteiger partial charge is 0.248 e. The quantitative estimate of drug-likeness (QED) is 0.655. The molecule has 0 aliphatic carbocycles. The number of hydrogen-bond acceptors (Lipinski definition) is 4. The highest BCUT2D eigenvalue weighted by atomic mass is 16.5. The molecular formula is C14H21N3O3. The van der Waals surface area contributed by atoms with Crippen LogP contribution in [0.5, 0.6) is 0 Å². The molecule has 1 aromatic rings. The lowest BCUT2D eigenvalue weighted by molar-refractivity contribution is -0.129. The Morgan fingerprint density at radius 1 is 1.30 bits per heavy atom. The van der Waals surface area contributed by atoms with Crippen molar-refractivity contribution < 1.29 is 14.3 Å². The highest BCUT2D eigenvalue weighted by molar-refractivity contribution is 5.92. The van der Waals surface area contributed by atoms with Crippen LogP contribution in [-0.2, 0) is 16.1 Å². The maximum Gasteiger partial charge on any atom is 0.248 e. The van der Waals surface area contributed by atoms with Crippen molar-refractivity contribution in [1.29, 1.82) is 0 Å². The largest absolute Gasteiger partial charge is 0.383 e. The summed E-state index contributed by atoms with van der Waals surface area (Å²) in [4.78, 5) is 24.4. The van der Waals surface area contributed by atoms with Crippen molar-refractivity contribution in [2.24, 2.45) is 5.73 Å². The zero-order valence-corrected chi connectivity index (χ0v) is 11.9. The van der Waals surface area contributed by atoms with E-state index in [0.717, 1.165) is 5.56 Å². The van der Waals surface area contributed by atoms with E-state index in [-0.39, 0.29) is 12.5 Å². The summed E-state index contributed by atoms with van der Waals surface area (Å²) < 4.78 is 4.89. The number of nitrogens with zero attached hydrogens (tertiary/aromatic N) is 1. The van der Waals surface area contributed by atoms with Crippen molar-refractivity contribution >= 4 is 11.8 Å². The second-order valence-corrected chi connectivity index (χ2v) is 4.48. The molecule has 0 aliphatic rings. The predicted octanol–water partition coefficient (Wildman–Crippen LogP) is -0.0201. The van der Waals surface area contributed by atoms with Crippen LogP contribution >= 0.6 is 0 Å². The van der Waals surface area contributed by atoms with E-state index in [1.807, 2.05) is 0 Å². The molecule has 20 heavy (non-hydrogen) atoms. The number of carbonyl (C=O) groups is 2. The van der Waals surface area contributed by atoms with Gasteiger partial charge in [0.05, 0.1) is 13.2 Å². The molecule has 0 aromatic heterocycles. The van der Waals surface area contributed by atoms with E-state index in [2.05, 4.69) is 5.32 Å². The molecule has 110 valence electrons. The van der Waals surface area contributed by atoms with Gasteiger partial charge in [0.25, 0.3) is 0 Å². The third kappa shape index (κ3) is 5.38. The van der Waals surface area contributed by atoms with Gasteiger partial charge in [-0.1, -0.05) is 12.1 Å². The molecule has 0 heterocycles. The molecule has 6 heteroatoms. The summed E-state index contributed by atoms with van der Waals surface area (Å²) in [5.41, 5.74) is 6.58. The number of nitrogens with one attached hydrogen (secondary N) is 1. The molecule has 1 rings (SSSR count). The summed E-state index contributed by atoms with van der Waals surface area (Å²) in [7, 11) is 3.35. The van der Waals surface area contributed by atoms with Crippen LogP contribution in [0.1, 0.15) is 15.9 Å². The van der Waals surface area contributed by atoms with Crippen LogP contribution in [0.3, 0.4) is 0 Å². The molecule has 0 spiro atoms. The van der Waals surface area contributed by atoms with E-state index < -0.39 is 5.91 Å². The number of nitrogens with two attached hydrogens (primary N) is 1. The Balaban J connectivity index is 2.42. The molecule has 2 amide bonds. The first-order valence-corrected chi connectivity index (χ1v) is 6.37. The Morgan fingerprint density at radius 3 is 2.50 bits per heavy atom. The first-order chi connectivity index (χ1) is 9.54. The molecule has 0 unspecified atom stereocenters.